The molecule has 192 valence electrons. The number of nitrogen functional groups attached to an aromatic ring is 1. The smallest absolute Gasteiger partial charge is 0.350 e. The highest BCUT2D eigenvalue weighted by Crippen LogP contribution is 2.35. The Kier molecular flexibility index (Phi) is 7.44. The number of nitrogens with zero attached hydrogens (tertiary/aromatic N) is 4. The van der Waals surface area contributed by atoms with Crippen LogP contribution in [0.3, 0.4) is 0 Å². The van der Waals surface area contributed by atoms with Crippen molar-refractivity contribution in [1.29, 1.82) is 5.41 Å². The van der Waals surface area contributed by atoms with Gasteiger partial charge in [-0.05, 0) is 43.3 Å². The largest absolute Gasteiger partial charge is 0.497 e. The molecular weight excluding hydrogens is 483 g/mol. The predicted molar refractivity (Wildman–Crippen MR) is 133 cm³/mol. The second-order valence-corrected chi connectivity index (χ2v) is 7.98. The number of hydrogen-bond acceptors (Lipinski definition) is 9. The van der Waals surface area contributed by atoms with Gasteiger partial charge in [0.25, 0.3) is 5.95 Å². The van der Waals surface area contributed by atoms with Gasteiger partial charge in [-0.25, -0.2) is 19.2 Å². The van der Waals surface area contributed by atoms with E-state index in [-0.39, 0.29) is 41.3 Å². The van der Waals surface area contributed by atoms with E-state index in [9.17, 15) is 9.90 Å². The summed E-state index contributed by atoms with van der Waals surface area (Å²) < 4.78 is 27.7. The summed E-state index contributed by atoms with van der Waals surface area (Å²) in [6.45, 7) is 1.26. The van der Waals surface area contributed by atoms with Crippen molar-refractivity contribution in [2.75, 3.05) is 19.0 Å². The summed E-state index contributed by atoms with van der Waals surface area (Å²) in [5.74, 6) is -0.628. The fourth-order valence-electron chi connectivity index (χ4n) is 3.47. The molecule has 0 aliphatic heterocycles. The number of aromatic nitrogens is 5. The highest BCUT2D eigenvalue weighted by atomic mass is 19.1. The molecule has 4 aromatic rings. The van der Waals surface area contributed by atoms with Crippen molar-refractivity contribution in [1.82, 2.24) is 24.7 Å². The molecule has 0 aliphatic rings. The van der Waals surface area contributed by atoms with E-state index in [1.165, 1.54) is 31.6 Å². The second kappa shape index (κ2) is 10.9. The van der Waals surface area contributed by atoms with Crippen molar-refractivity contribution in [2.45, 2.75) is 19.1 Å². The lowest BCUT2D eigenvalue weighted by atomic mass is 10.0. The maximum Gasteiger partial charge on any atom is 0.350 e. The van der Waals surface area contributed by atoms with Crippen LogP contribution in [0.1, 0.15) is 29.9 Å². The molecule has 0 radical (unpaired) electrons. The Labute approximate surface area is 210 Å². The van der Waals surface area contributed by atoms with Crippen molar-refractivity contribution in [3.63, 3.8) is 0 Å². The van der Waals surface area contributed by atoms with Crippen LogP contribution in [0.25, 0.3) is 5.95 Å². The van der Waals surface area contributed by atoms with E-state index < -0.39 is 23.7 Å². The summed E-state index contributed by atoms with van der Waals surface area (Å²) in [5.41, 5.74) is 5.99. The maximum absolute atomic E-state index is 15.8. The van der Waals surface area contributed by atoms with Crippen LogP contribution >= 0.6 is 0 Å². The van der Waals surface area contributed by atoms with E-state index in [0.717, 1.165) is 4.68 Å². The molecule has 2 heterocycles. The first kappa shape index (κ1) is 25.3. The quantitative estimate of drug-likeness (QED) is 0.158. The van der Waals surface area contributed by atoms with E-state index >= 15 is 4.39 Å². The lowest BCUT2D eigenvalue weighted by molar-refractivity contribution is 0.125. The number of nitrogens with two attached hydrogens (primary N) is 1. The predicted octanol–water partition coefficient (Wildman–Crippen LogP) is 1.74. The molecule has 0 fully saturated rings. The van der Waals surface area contributed by atoms with Gasteiger partial charge in [0, 0.05) is 35.3 Å². The molecule has 0 amide bonds. The number of ether oxygens (including phenoxy) is 2. The molecular formula is C24H25FN8O4. The lowest BCUT2D eigenvalue weighted by Gasteiger charge is -2.22. The van der Waals surface area contributed by atoms with E-state index in [0.29, 0.717) is 11.3 Å². The standard InChI is InChI=1S/C24H25FN8O4/c1-13(12-34)37-18-11-16(36-2)10-17(19(18)25)20(30-15-6-4-14(5-7-15)21(26)27)22-31-24(35)33(32-22)23-28-8-3-9-29-23/h3-11,13,20,30,34H,12H2,1-2H3,(H3,26,27)(H,31,32,35)/t13-,20-/m0/s1. The summed E-state index contributed by atoms with van der Waals surface area (Å²) in [5, 5.41) is 24.5. The Morgan fingerprint density at radius 1 is 1.27 bits per heavy atom. The number of amidine groups is 1. The van der Waals surface area contributed by atoms with E-state index in [1.807, 2.05) is 0 Å². The number of rotatable bonds is 10. The first-order valence-corrected chi connectivity index (χ1v) is 11.1. The number of halogens is 1. The first-order valence-electron chi connectivity index (χ1n) is 11.1. The van der Waals surface area contributed by atoms with E-state index in [2.05, 4.69) is 25.4 Å². The molecule has 37 heavy (non-hydrogen) atoms. The van der Waals surface area contributed by atoms with Crippen molar-refractivity contribution in [3.8, 4) is 17.4 Å². The number of benzene rings is 2. The SMILES string of the molecule is COc1cc(O[C@@H](C)CO)c(F)c([C@H](Nc2ccc(C(=N)N)cc2)c2nn(-c3ncccn3)c(=O)[nH]2)c1. The van der Waals surface area contributed by atoms with Crippen molar-refractivity contribution < 1.29 is 19.0 Å². The third kappa shape index (κ3) is 5.56. The van der Waals surface area contributed by atoms with Gasteiger partial charge in [-0.1, -0.05) is 0 Å². The van der Waals surface area contributed by atoms with Crippen LogP contribution in [0.5, 0.6) is 11.5 Å². The maximum atomic E-state index is 15.8. The molecule has 2 aromatic carbocycles. The number of methoxy groups -OCH3 is 1. The summed E-state index contributed by atoms with van der Waals surface area (Å²) >= 11 is 0. The highest BCUT2D eigenvalue weighted by molar-refractivity contribution is 5.95. The van der Waals surface area contributed by atoms with Gasteiger partial charge in [0.1, 0.15) is 23.7 Å². The fraction of sp³-hybridized carbons (Fsp3) is 0.208. The Morgan fingerprint density at radius 3 is 2.59 bits per heavy atom. The lowest BCUT2D eigenvalue weighted by Crippen LogP contribution is -2.20. The number of aliphatic hydroxyl groups excluding tert-OH is 1. The zero-order valence-corrected chi connectivity index (χ0v) is 20.0. The van der Waals surface area contributed by atoms with Crippen molar-refractivity contribution in [3.05, 3.63) is 88.1 Å². The molecule has 6 N–H and O–H groups in total. The molecule has 4 rings (SSSR count). The van der Waals surface area contributed by atoms with Crippen molar-refractivity contribution >= 4 is 11.5 Å². The summed E-state index contributed by atoms with van der Waals surface area (Å²) in [6, 6.07) is 9.93. The molecule has 0 aliphatic carbocycles. The number of nitrogens with one attached hydrogen (secondary N) is 3. The molecule has 0 saturated heterocycles. The highest BCUT2D eigenvalue weighted by Gasteiger charge is 2.27. The van der Waals surface area contributed by atoms with Crippen LogP contribution in [0.4, 0.5) is 10.1 Å². The summed E-state index contributed by atoms with van der Waals surface area (Å²) in [6.07, 6.45) is 2.24. The van der Waals surface area contributed by atoms with Gasteiger partial charge in [0.2, 0.25) is 0 Å². The number of aromatic amines is 1. The minimum Gasteiger partial charge on any atom is -0.497 e. The van der Waals surface area contributed by atoms with E-state index in [1.54, 1.807) is 37.3 Å². The molecule has 0 unspecified atom stereocenters. The van der Waals surface area contributed by atoms with Gasteiger partial charge < -0.3 is 25.6 Å². The van der Waals surface area contributed by atoms with Gasteiger partial charge >= 0.3 is 5.69 Å². The normalized spacial score (nSPS) is 12.5. The van der Waals surface area contributed by atoms with Crippen LogP contribution in [0.2, 0.25) is 0 Å². The third-order valence-corrected chi connectivity index (χ3v) is 5.33. The number of H-pyrrole nitrogens is 1. The van der Waals surface area contributed by atoms with Crippen LogP contribution in [-0.2, 0) is 0 Å². The third-order valence-electron chi connectivity index (χ3n) is 5.33. The number of hydrogen-bond donors (Lipinski definition) is 5. The van der Waals surface area contributed by atoms with E-state index in [4.69, 9.17) is 20.6 Å². The molecule has 2 atom stereocenters. The van der Waals surface area contributed by atoms with Crippen LogP contribution < -0.4 is 26.2 Å². The molecule has 0 spiro atoms. The Balaban J connectivity index is 1.85. The van der Waals surface area contributed by atoms with Crippen LogP contribution in [0.15, 0.2) is 59.7 Å². The van der Waals surface area contributed by atoms with Crippen molar-refractivity contribution in [2.24, 2.45) is 5.73 Å². The van der Waals surface area contributed by atoms with Gasteiger partial charge in [-0.3, -0.25) is 10.4 Å². The molecule has 12 nitrogen and oxygen atoms in total. The molecule has 13 heteroatoms. The Bertz CT molecular complexity index is 1440. The van der Waals surface area contributed by atoms with Crippen LogP contribution in [0, 0.1) is 11.2 Å². The first-order chi connectivity index (χ1) is 17.8. The molecule has 0 bridgehead atoms. The van der Waals surface area contributed by atoms with Gasteiger partial charge in [-0.15, -0.1) is 9.78 Å². The molecule has 0 saturated carbocycles. The summed E-state index contributed by atoms with van der Waals surface area (Å²) in [7, 11) is 1.42. The zero-order valence-electron chi connectivity index (χ0n) is 20.0. The average Bonchev–Trinajstić information content (AvgIpc) is 3.30. The topological polar surface area (TPSA) is 177 Å². The van der Waals surface area contributed by atoms with Gasteiger partial charge in [-0.2, -0.15) is 0 Å². The minimum absolute atomic E-state index is 0.0338. The number of anilines is 1. The monoisotopic (exact) mass is 508 g/mol. The summed E-state index contributed by atoms with van der Waals surface area (Å²) in [4.78, 5) is 23.5. The van der Waals surface area contributed by atoms with Gasteiger partial charge in [0.15, 0.2) is 17.4 Å². The Morgan fingerprint density at radius 2 is 1.97 bits per heavy atom. The Hall–Kier alpha value is -4.78. The molecule has 2 aromatic heterocycles. The minimum atomic E-state index is -1.04. The fourth-order valence-corrected chi connectivity index (χ4v) is 3.47. The zero-order chi connectivity index (χ0) is 26.5. The van der Waals surface area contributed by atoms with Crippen LogP contribution in [-0.4, -0.2) is 55.5 Å². The number of aliphatic hydroxyl groups is 1. The second-order valence-electron chi connectivity index (χ2n) is 7.98. The van der Waals surface area contributed by atoms with Gasteiger partial charge in [0.05, 0.1) is 13.7 Å². The average molecular weight is 509 g/mol.